The van der Waals surface area contributed by atoms with Gasteiger partial charge in [0.25, 0.3) is 0 Å². The lowest BCUT2D eigenvalue weighted by atomic mass is 9.59. The molecule has 1 unspecified atom stereocenters. The largest absolute Gasteiger partial charge is 0.481 e. The van der Waals surface area contributed by atoms with Crippen molar-refractivity contribution in [1.29, 1.82) is 0 Å². The molecule has 0 spiro atoms. The van der Waals surface area contributed by atoms with E-state index in [2.05, 4.69) is 6.92 Å². The van der Waals surface area contributed by atoms with E-state index < -0.39 is 24.3 Å². The quantitative estimate of drug-likeness (QED) is 0.394. The van der Waals surface area contributed by atoms with Gasteiger partial charge in [-0.05, 0) is 56.3 Å². The number of carbonyl (C=O) groups excluding carboxylic acids is 1. The second kappa shape index (κ2) is 11.4. The number of hydrogen-bond acceptors (Lipinski definition) is 6. The second-order valence-electron chi connectivity index (χ2n) is 9.68. The molecule has 0 saturated heterocycles. The van der Waals surface area contributed by atoms with Crippen LogP contribution >= 0.6 is 0 Å². The van der Waals surface area contributed by atoms with E-state index in [1.54, 1.807) is 0 Å². The smallest absolute Gasteiger partial charge is 0.308 e. The zero-order chi connectivity index (χ0) is 22.4. The van der Waals surface area contributed by atoms with E-state index in [4.69, 9.17) is 9.84 Å². The van der Waals surface area contributed by atoms with E-state index in [1.807, 2.05) is 13.8 Å². The lowest BCUT2D eigenvalue weighted by molar-refractivity contribution is -0.170. The zero-order valence-corrected chi connectivity index (χ0v) is 18.6. The fourth-order valence-corrected chi connectivity index (χ4v) is 5.47. The van der Waals surface area contributed by atoms with Crippen LogP contribution in [0.5, 0.6) is 0 Å². The van der Waals surface area contributed by atoms with Gasteiger partial charge in [0.05, 0.1) is 30.7 Å². The summed E-state index contributed by atoms with van der Waals surface area (Å²) in [6.45, 7) is 6.01. The second-order valence-corrected chi connectivity index (χ2v) is 9.68. The molecule has 0 bridgehead atoms. The molecule has 0 aromatic rings. The van der Waals surface area contributed by atoms with Gasteiger partial charge in [0.1, 0.15) is 6.10 Å². The third-order valence-corrected chi connectivity index (χ3v) is 7.34. The third-order valence-electron chi connectivity index (χ3n) is 7.34. The highest BCUT2D eigenvalue weighted by Crippen LogP contribution is 2.49. The number of carboxylic acid groups (broad SMARTS) is 1. The fourth-order valence-electron chi connectivity index (χ4n) is 5.47. The van der Waals surface area contributed by atoms with Gasteiger partial charge in [-0.1, -0.05) is 27.2 Å². The van der Waals surface area contributed by atoms with Crippen LogP contribution in [0.15, 0.2) is 0 Å². The van der Waals surface area contributed by atoms with Gasteiger partial charge in [-0.3, -0.25) is 9.59 Å². The summed E-state index contributed by atoms with van der Waals surface area (Å²) >= 11 is 0. The Hall–Kier alpha value is -1.18. The average molecular weight is 429 g/mol. The molecule has 9 atom stereocenters. The molecule has 0 heterocycles. The first kappa shape index (κ1) is 25.1. The van der Waals surface area contributed by atoms with Crippen LogP contribution in [0.1, 0.15) is 78.6 Å². The standard InChI is InChI=1S/C23H40O7/c1-4-13(2)23(29)30-20-11-17(25)9-15-6-5-14(3)19(22(15)20)8-7-16(24)10-18(26)12-21(27)28/h13-20,22,24-26H,4-12H2,1-3H3,(H,27,28)/t13-,14-,15?,16+,17-,18+,19-,20-,22-/m0/s1. The van der Waals surface area contributed by atoms with E-state index >= 15 is 0 Å². The first-order valence-electron chi connectivity index (χ1n) is 11.6. The minimum absolute atomic E-state index is 0.0483. The number of carbonyl (C=O) groups is 2. The highest BCUT2D eigenvalue weighted by atomic mass is 16.5. The number of rotatable bonds is 10. The van der Waals surface area contributed by atoms with Gasteiger partial charge >= 0.3 is 11.9 Å². The van der Waals surface area contributed by atoms with Crippen molar-refractivity contribution in [3.8, 4) is 0 Å². The molecular formula is C23H40O7. The molecule has 2 saturated carbocycles. The molecule has 30 heavy (non-hydrogen) atoms. The van der Waals surface area contributed by atoms with Gasteiger partial charge < -0.3 is 25.2 Å². The predicted molar refractivity (Wildman–Crippen MR) is 112 cm³/mol. The number of aliphatic hydroxyl groups is 3. The number of esters is 1. The van der Waals surface area contributed by atoms with Crippen LogP contribution in [0.2, 0.25) is 0 Å². The molecule has 0 aromatic heterocycles. The highest BCUT2D eigenvalue weighted by molar-refractivity contribution is 5.72. The van der Waals surface area contributed by atoms with Crippen LogP contribution in [0.25, 0.3) is 0 Å². The number of hydrogen-bond donors (Lipinski definition) is 4. The lowest BCUT2D eigenvalue weighted by Gasteiger charge is -2.49. The van der Waals surface area contributed by atoms with Crippen molar-refractivity contribution < 1.29 is 34.8 Å². The molecule has 2 aliphatic rings. The number of ether oxygens (including phenoxy) is 1. The predicted octanol–water partition coefficient (Wildman–Crippen LogP) is 2.74. The molecule has 2 fully saturated rings. The van der Waals surface area contributed by atoms with Crippen LogP contribution in [-0.2, 0) is 14.3 Å². The van der Waals surface area contributed by atoms with Gasteiger partial charge in [-0.15, -0.1) is 0 Å². The van der Waals surface area contributed by atoms with E-state index in [9.17, 15) is 24.9 Å². The van der Waals surface area contributed by atoms with E-state index in [-0.39, 0.29) is 42.7 Å². The molecule has 174 valence electrons. The first-order valence-corrected chi connectivity index (χ1v) is 11.6. The Morgan fingerprint density at radius 2 is 1.83 bits per heavy atom. The molecule has 4 N–H and O–H groups in total. The monoisotopic (exact) mass is 428 g/mol. The summed E-state index contributed by atoms with van der Waals surface area (Å²) in [5.74, 6) is -0.297. The fraction of sp³-hybridized carbons (Fsp3) is 0.913. The van der Waals surface area contributed by atoms with Gasteiger partial charge in [-0.25, -0.2) is 0 Å². The minimum atomic E-state index is -1.08. The van der Waals surface area contributed by atoms with Gasteiger partial charge in [-0.2, -0.15) is 0 Å². The average Bonchev–Trinajstić information content (AvgIpc) is 2.65. The Kier molecular flexibility index (Phi) is 9.57. The first-order chi connectivity index (χ1) is 14.1. The summed E-state index contributed by atoms with van der Waals surface area (Å²) in [6, 6.07) is 0. The molecule has 0 aromatic carbocycles. The van der Waals surface area contributed by atoms with Crippen LogP contribution in [-0.4, -0.2) is 56.8 Å². The summed E-state index contributed by atoms with van der Waals surface area (Å²) in [6.07, 6.45) is 2.28. The molecular weight excluding hydrogens is 388 g/mol. The Labute approximate surface area is 179 Å². The van der Waals surface area contributed by atoms with E-state index in [1.165, 1.54) is 0 Å². The van der Waals surface area contributed by atoms with E-state index in [0.29, 0.717) is 31.1 Å². The Balaban J connectivity index is 2.04. The van der Waals surface area contributed by atoms with Crippen LogP contribution in [0.4, 0.5) is 0 Å². The highest BCUT2D eigenvalue weighted by Gasteiger charge is 2.47. The maximum absolute atomic E-state index is 12.5. The summed E-state index contributed by atoms with van der Waals surface area (Å²) in [4.78, 5) is 23.2. The van der Waals surface area contributed by atoms with Crippen molar-refractivity contribution in [2.75, 3.05) is 0 Å². The SMILES string of the molecule is CC[C@H](C)C(=O)O[C@H]1C[C@@H](O)CC2CC[C@H](C)[C@H](CC[C@@H](O)C[C@@H](O)CC(=O)O)[C@H]21. The van der Waals surface area contributed by atoms with Crippen LogP contribution < -0.4 is 0 Å². The number of fused-ring (bicyclic) bond motifs is 1. The summed E-state index contributed by atoms with van der Waals surface area (Å²) in [5.41, 5.74) is 0. The molecule has 2 aliphatic carbocycles. The van der Waals surface area contributed by atoms with Gasteiger partial charge in [0.15, 0.2) is 0 Å². The maximum atomic E-state index is 12.5. The Bertz CT molecular complexity index is 566. The minimum Gasteiger partial charge on any atom is -0.481 e. The molecule has 0 amide bonds. The maximum Gasteiger partial charge on any atom is 0.308 e. The molecule has 2 rings (SSSR count). The Morgan fingerprint density at radius 1 is 1.13 bits per heavy atom. The van der Waals surface area contributed by atoms with Crippen molar-refractivity contribution in [3.63, 3.8) is 0 Å². The summed E-state index contributed by atoms with van der Waals surface area (Å²) in [7, 11) is 0. The topological polar surface area (TPSA) is 124 Å². The molecule has 0 aliphatic heterocycles. The van der Waals surface area contributed by atoms with Crippen molar-refractivity contribution >= 4 is 11.9 Å². The van der Waals surface area contributed by atoms with Crippen LogP contribution in [0, 0.1) is 29.6 Å². The van der Waals surface area contributed by atoms with Crippen LogP contribution in [0.3, 0.4) is 0 Å². The van der Waals surface area contributed by atoms with Gasteiger partial charge in [0, 0.05) is 12.3 Å². The van der Waals surface area contributed by atoms with Crippen molar-refractivity contribution in [3.05, 3.63) is 0 Å². The van der Waals surface area contributed by atoms with Crippen molar-refractivity contribution in [2.45, 2.75) is 103 Å². The zero-order valence-electron chi connectivity index (χ0n) is 18.6. The Morgan fingerprint density at radius 3 is 2.47 bits per heavy atom. The lowest BCUT2D eigenvalue weighted by Crippen LogP contribution is -2.49. The third kappa shape index (κ3) is 6.92. The van der Waals surface area contributed by atoms with Gasteiger partial charge in [0.2, 0.25) is 0 Å². The molecule has 0 radical (unpaired) electrons. The summed E-state index contributed by atoms with van der Waals surface area (Å²) in [5, 5.41) is 39.2. The summed E-state index contributed by atoms with van der Waals surface area (Å²) < 4.78 is 5.91. The molecule has 7 heteroatoms. The van der Waals surface area contributed by atoms with Crippen molar-refractivity contribution in [2.24, 2.45) is 29.6 Å². The number of aliphatic hydroxyl groups excluding tert-OH is 3. The van der Waals surface area contributed by atoms with E-state index in [0.717, 1.165) is 25.7 Å². The number of aliphatic carboxylic acids is 1. The van der Waals surface area contributed by atoms with Crippen molar-refractivity contribution in [1.82, 2.24) is 0 Å². The number of carboxylic acids is 1. The normalized spacial score (nSPS) is 34.5. The molecule has 7 nitrogen and oxygen atoms in total.